The number of ether oxygens (including phenoxy) is 1. The average Bonchev–Trinajstić information content (AvgIpc) is 2.77. The van der Waals surface area contributed by atoms with Crippen molar-refractivity contribution in [3.8, 4) is 17.6 Å². The molecule has 0 saturated carbocycles. The van der Waals surface area contributed by atoms with Gasteiger partial charge in [-0.3, -0.25) is 9.59 Å². The fourth-order valence-corrected chi connectivity index (χ4v) is 3.31. The van der Waals surface area contributed by atoms with E-state index in [1.807, 2.05) is 32.0 Å². The summed E-state index contributed by atoms with van der Waals surface area (Å²) in [5, 5.41) is 16.9. The smallest absolute Gasteiger partial charge is 0.285 e. The number of hydrogen-bond donors (Lipinski definition) is 1. The number of benzene rings is 2. The molecular formula is C23H21ClN4O3. The highest BCUT2D eigenvalue weighted by molar-refractivity contribution is 6.32. The second-order valence-electron chi connectivity index (χ2n) is 6.69. The second kappa shape index (κ2) is 9.92. The van der Waals surface area contributed by atoms with Crippen molar-refractivity contribution in [3.63, 3.8) is 0 Å². The Hall–Kier alpha value is -3.63. The number of halogens is 1. The molecule has 0 aliphatic rings. The van der Waals surface area contributed by atoms with E-state index in [2.05, 4.69) is 10.4 Å². The number of para-hydroxylation sites is 1. The molecule has 0 atom stereocenters. The van der Waals surface area contributed by atoms with Crippen LogP contribution < -0.4 is 15.6 Å². The number of anilines is 1. The van der Waals surface area contributed by atoms with E-state index in [-0.39, 0.29) is 12.1 Å². The standard InChI is InChI=1S/C23H21ClN4O3/c1-3-17-18(13-25)23(30)28(27-20(17)4-2)14-22(29)26-15-9-11-16(12-10-15)31-21-8-6-5-7-19(21)24/h5-12H,3-4,14H2,1-2H3,(H,26,29). The summed E-state index contributed by atoms with van der Waals surface area (Å²) in [4.78, 5) is 25.0. The molecule has 1 N–H and O–H groups in total. The molecule has 3 aromatic rings. The second-order valence-corrected chi connectivity index (χ2v) is 7.09. The third-order valence-electron chi connectivity index (χ3n) is 4.64. The fraction of sp³-hybridized carbons (Fsp3) is 0.217. The molecule has 0 bridgehead atoms. The molecule has 3 rings (SSSR count). The van der Waals surface area contributed by atoms with E-state index >= 15 is 0 Å². The van der Waals surface area contributed by atoms with Crippen molar-refractivity contribution in [1.29, 1.82) is 5.26 Å². The summed E-state index contributed by atoms with van der Waals surface area (Å²) in [7, 11) is 0. The van der Waals surface area contributed by atoms with Crippen LogP contribution in [-0.4, -0.2) is 15.7 Å². The predicted octanol–water partition coefficient (Wildman–Crippen LogP) is 4.32. The van der Waals surface area contributed by atoms with Crippen LogP contribution in [0.5, 0.6) is 11.5 Å². The Kier molecular flexibility index (Phi) is 7.06. The topological polar surface area (TPSA) is 97.0 Å². The van der Waals surface area contributed by atoms with E-state index in [1.54, 1.807) is 36.4 Å². The van der Waals surface area contributed by atoms with Crippen molar-refractivity contribution in [3.05, 3.63) is 80.7 Å². The van der Waals surface area contributed by atoms with Crippen LogP contribution in [0.25, 0.3) is 0 Å². The maximum atomic E-state index is 12.6. The first kappa shape index (κ1) is 22.1. The van der Waals surface area contributed by atoms with E-state index in [4.69, 9.17) is 16.3 Å². The predicted molar refractivity (Wildman–Crippen MR) is 119 cm³/mol. The van der Waals surface area contributed by atoms with E-state index in [0.29, 0.717) is 46.3 Å². The van der Waals surface area contributed by atoms with Crippen LogP contribution >= 0.6 is 11.6 Å². The molecule has 1 heterocycles. The Balaban J connectivity index is 1.72. The zero-order chi connectivity index (χ0) is 22.4. The number of carbonyl (C=O) groups is 1. The molecule has 0 unspecified atom stereocenters. The monoisotopic (exact) mass is 436 g/mol. The fourth-order valence-electron chi connectivity index (χ4n) is 3.14. The number of nitrogens with zero attached hydrogens (tertiary/aromatic N) is 3. The van der Waals surface area contributed by atoms with Gasteiger partial charge >= 0.3 is 0 Å². The highest BCUT2D eigenvalue weighted by atomic mass is 35.5. The first-order chi connectivity index (χ1) is 15.0. The molecule has 0 aliphatic carbocycles. The van der Waals surface area contributed by atoms with Gasteiger partial charge in [-0.05, 0) is 54.8 Å². The molecule has 0 fully saturated rings. The minimum absolute atomic E-state index is 0.0447. The minimum Gasteiger partial charge on any atom is -0.456 e. The SMILES string of the molecule is CCc1nn(CC(=O)Nc2ccc(Oc3ccccc3Cl)cc2)c(=O)c(C#N)c1CC. The average molecular weight is 437 g/mol. The lowest BCUT2D eigenvalue weighted by Crippen LogP contribution is -2.33. The zero-order valence-electron chi connectivity index (χ0n) is 17.2. The summed E-state index contributed by atoms with van der Waals surface area (Å²) < 4.78 is 6.77. The summed E-state index contributed by atoms with van der Waals surface area (Å²) >= 11 is 6.09. The van der Waals surface area contributed by atoms with E-state index in [0.717, 1.165) is 4.68 Å². The van der Waals surface area contributed by atoms with Gasteiger partial charge in [0.25, 0.3) is 5.56 Å². The van der Waals surface area contributed by atoms with Gasteiger partial charge in [-0.2, -0.15) is 10.4 Å². The van der Waals surface area contributed by atoms with Crippen molar-refractivity contribution in [2.24, 2.45) is 0 Å². The van der Waals surface area contributed by atoms with Crippen molar-refractivity contribution in [2.75, 3.05) is 5.32 Å². The van der Waals surface area contributed by atoms with Gasteiger partial charge in [0.1, 0.15) is 29.7 Å². The maximum Gasteiger partial charge on any atom is 0.285 e. The summed E-state index contributed by atoms with van der Waals surface area (Å²) in [5.74, 6) is 0.664. The molecule has 0 radical (unpaired) electrons. The highest BCUT2D eigenvalue weighted by Crippen LogP contribution is 2.29. The normalized spacial score (nSPS) is 10.4. The molecule has 0 spiro atoms. The van der Waals surface area contributed by atoms with E-state index < -0.39 is 11.5 Å². The molecule has 0 saturated heterocycles. The van der Waals surface area contributed by atoms with Crippen molar-refractivity contribution < 1.29 is 9.53 Å². The number of amides is 1. The Morgan fingerprint density at radius 3 is 2.48 bits per heavy atom. The van der Waals surface area contributed by atoms with Gasteiger partial charge in [0, 0.05) is 5.69 Å². The maximum absolute atomic E-state index is 12.6. The van der Waals surface area contributed by atoms with Gasteiger partial charge in [-0.25, -0.2) is 4.68 Å². The number of hydrogen-bond acceptors (Lipinski definition) is 5. The summed E-state index contributed by atoms with van der Waals surface area (Å²) in [6.07, 6.45) is 1.09. The largest absolute Gasteiger partial charge is 0.456 e. The Morgan fingerprint density at radius 1 is 1.16 bits per heavy atom. The molecule has 8 heteroatoms. The van der Waals surface area contributed by atoms with Crippen molar-refractivity contribution >= 4 is 23.2 Å². The minimum atomic E-state index is -0.560. The molecule has 0 aliphatic heterocycles. The lowest BCUT2D eigenvalue weighted by atomic mass is 10.0. The molecule has 158 valence electrons. The van der Waals surface area contributed by atoms with Crippen molar-refractivity contribution in [1.82, 2.24) is 9.78 Å². The Labute approximate surface area is 184 Å². The zero-order valence-corrected chi connectivity index (χ0v) is 17.9. The molecule has 2 aromatic carbocycles. The van der Waals surface area contributed by atoms with Crippen molar-refractivity contribution in [2.45, 2.75) is 33.2 Å². The number of aromatic nitrogens is 2. The number of nitrogens with one attached hydrogen (secondary N) is 1. The van der Waals surface area contributed by atoms with Crippen LogP contribution in [0, 0.1) is 11.3 Å². The van der Waals surface area contributed by atoms with Gasteiger partial charge < -0.3 is 10.1 Å². The first-order valence-electron chi connectivity index (χ1n) is 9.82. The molecule has 31 heavy (non-hydrogen) atoms. The van der Waals surface area contributed by atoms with Crippen LogP contribution in [0.15, 0.2) is 53.3 Å². The highest BCUT2D eigenvalue weighted by Gasteiger charge is 2.17. The molecule has 1 amide bonds. The van der Waals surface area contributed by atoms with E-state index in [1.165, 1.54) is 0 Å². The number of rotatable bonds is 7. The van der Waals surface area contributed by atoms with Gasteiger partial charge in [0.2, 0.25) is 5.91 Å². The van der Waals surface area contributed by atoms with Gasteiger partial charge in [-0.1, -0.05) is 37.6 Å². The number of aryl methyl sites for hydroxylation is 1. The Bertz CT molecular complexity index is 1200. The van der Waals surface area contributed by atoms with Gasteiger partial charge in [0.05, 0.1) is 10.7 Å². The first-order valence-corrected chi connectivity index (χ1v) is 10.2. The van der Waals surface area contributed by atoms with Gasteiger partial charge in [0.15, 0.2) is 0 Å². The molecular weight excluding hydrogens is 416 g/mol. The number of carbonyl (C=O) groups excluding carboxylic acids is 1. The third kappa shape index (κ3) is 5.11. The summed E-state index contributed by atoms with van der Waals surface area (Å²) in [6.45, 7) is 3.47. The Morgan fingerprint density at radius 2 is 1.87 bits per heavy atom. The third-order valence-corrected chi connectivity index (χ3v) is 4.95. The lowest BCUT2D eigenvalue weighted by Gasteiger charge is -2.12. The molecule has 1 aromatic heterocycles. The van der Waals surface area contributed by atoms with E-state index in [9.17, 15) is 14.9 Å². The van der Waals surface area contributed by atoms with Crippen LogP contribution in [0.1, 0.15) is 30.7 Å². The van der Waals surface area contributed by atoms with Gasteiger partial charge in [-0.15, -0.1) is 0 Å². The lowest BCUT2D eigenvalue weighted by molar-refractivity contribution is -0.117. The number of nitriles is 1. The van der Waals surface area contributed by atoms with Crippen LogP contribution in [-0.2, 0) is 24.2 Å². The summed E-state index contributed by atoms with van der Waals surface area (Å²) in [5.41, 5.74) is 1.30. The van der Waals surface area contributed by atoms with Crippen LogP contribution in [0.2, 0.25) is 5.02 Å². The quantitative estimate of drug-likeness (QED) is 0.594. The van der Waals surface area contributed by atoms with Crippen LogP contribution in [0.4, 0.5) is 5.69 Å². The summed E-state index contributed by atoms with van der Waals surface area (Å²) in [6, 6.07) is 15.8. The van der Waals surface area contributed by atoms with Crippen LogP contribution in [0.3, 0.4) is 0 Å². The molecule has 7 nitrogen and oxygen atoms in total.